The summed E-state index contributed by atoms with van der Waals surface area (Å²) in [5, 5.41) is -2.37. The number of phosphoric acid groups is 1. The van der Waals surface area contributed by atoms with Crippen molar-refractivity contribution in [2.45, 2.75) is 56.4 Å². The number of amides is 1. The Labute approximate surface area is 274 Å². The van der Waals surface area contributed by atoms with Gasteiger partial charge in [-0.05, 0) is 39.0 Å². The fraction of sp³-hybridized carbons (Fsp3) is 0.387. The van der Waals surface area contributed by atoms with Gasteiger partial charge in [0.15, 0.2) is 18.1 Å². The maximum Gasteiger partial charge on any atom is 0.475 e. The summed E-state index contributed by atoms with van der Waals surface area (Å²) in [6, 6.07) is 17.7. The number of halogens is 1. The van der Waals surface area contributed by atoms with E-state index in [0.29, 0.717) is 18.7 Å². The van der Waals surface area contributed by atoms with Crippen molar-refractivity contribution >= 4 is 37.4 Å². The van der Waals surface area contributed by atoms with E-state index in [4.69, 9.17) is 18.5 Å². The summed E-state index contributed by atoms with van der Waals surface area (Å²) in [5.74, 6) is -1.11. The van der Waals surface area contributed by atoms with Crippen LogP contribution in [-0.4, -0.2) is 80.7 Å². The maximum atomic E-state index is 16.1. The Morgan fingerprint density at radius 3 is 2.26 bits per heavy atom. The van der Waals surface area contributed by atoms with E-state index < -0.39 is 61.4 Å². The van der Waals surface area contributed by atoms with Crippen molar-refractivity contribution in [2.75, 3.05) is 19.7 Å². The quantitative estimate of drug-likeness (QED) is 0.106. The van der Waals surface area contributed by atoms with E-state index in [0.717, 1.165) is 16.3 Å². The molecule has 252 valence electrons. The Balaban J connectivity index is 1.49. The second-order valence-corrected chi connectivity index (χ2v) is 13.1. The number of carbonyl (C=O) groups is 3. The Morgan fingerprint density at radius 2 is 1.66 bits per heavy atom. The Kier molecular flexibility index (Phi) is 12.5. The SMILES string of the molecule is CCN(CC)C(=O)OC(C)OP(=O)(O)OC[C@H]1S[C@@H](n2ccc(CC(=O)c3ccccc3)nc2=O)[C@@H](F)[C@@H]1OC(=O)c1ccccc1. The van der Waals surface area contributed by atoms with Crippen LogP contribution in [0, 0.1) is 0 Å². The number of esters is 1. The topological polar surface area (TPSA) is 164 Å². The van der Waals surface area contributed by atoms with E-state index in [1.807, 2.05) is 0 Å². The average molecular weight is 692 g/mol. The first-order chi connectivity index (χ1) is 22.4. The first-order valence-corrected chi connectivity index (χ1v) is 17.2. The molecule has 1 fully saturated rings. The third kappa shape index (κ3) is 9.58. The molecule has 0 saturated carbocycles. The number of rotatable bonds is 14. The molecule has 0 bridgehead atoms. The van der Waals surface area contributed by atoms with E-state index in [2.05, 4.69) is 4.98 Å². The van der Waals surface area contributed by atoms with Gasteiger partial charge in [0.1, 0.15) is 5.37 Å². The molecule has 47 heavy (non-hydrogen) atoms. The second kappa shape index (κ2) is 16.3. The van der Waals surface area contributed by atoms with Gasteiger partial charge in [-0.1, -0.05) is 48.5 Å². The van der Waals surface area contributed by atoms with Crippen molar-refractivity contribution in [1.82, 2.24) is 14.5 Å². The highest BCUT2D eigenvalue weighted by atomic mass is 32.2. The average Bonchev–Trinajstić information content (AvgIpc) is 3.35. The number of hydrogen-bond donors (Lipinski definition) is 1. The van der Waals surface area contributed by atoms with E-state index in [9.17, 15) is 28.6 Å². The van der Waals surface area contributed by atoms with E-state index in [1.54, 1.807) is 62.4 Å². The molecule has 4 rings (SSSR count). The first-order valence-electron chi connectivity index (χ1n) is 14.8. The Hall–Kier alpha value is -3.88. The highest BCUT2D eigenvalue weighted by Crippen LogP contribution is 2.49. The van der Waals surface area contributed by atoms with Crippen LogP contribution in [0.4, 0.5) is 9.18 Å². The number of carbonyl (C=O) groups excluding carboxylic acids is 3. The number of nitrogens with zero attached hydrogens (tertiary/aromatic N) is 3. The van der Waals surface area contributed by atoms with Gasteiger partial charge in [0.05, 0.1) is 29.5 Å². The standard InChI is InChI=1S/C31H35FN3O10PS/c1-4-34(5-2)31(39)43-20(3)45-46(40,41)42-19-25-27(44-29(37)22-14-10-7-11-15-22)26(32)28(47-25)35-17-16-23(33-30(35)38)18-24(36)21-12-8-6-9-13-21/h6-17,20,25-28H,4-5,18-19H2,1-3H3,(H,40,41)/t20?,25-,26+,27-,28-/m1/s1. The number of aromatic nitrogens is 2. The van der Waals surface area contributed by atoms with Crippen molar-refractivity contribution in [3.63, 3.8) is 0 Å². The van der Waals surface area contributed by atoms with Gasteiger partial charge >= 0.3 is 25.6 Å². The highest BCUT2D eigenvalue weighted by molar-refractivity contribution is 8.00. The molecule has 13 nitrogen and oxygen atoms in total. The molecule has 0 radical (unpaired) electrons. The van der Waals surface area contributed by atoms with Crippen molar-refractivity contribution in [3.05, 3.63) is 100 Å². The van der Waals surface area contributed by atoms with Crippen molar-refractivity contribution in [1.29, 1.82) is 0 Å². The number of alkyl halides is 1. The van der Waals surface area contributed by atoms with Gasteiger partial charge < -0.3 is 19.3 Å². The summed E-state index contributed by atoms with van der Waals surface area (Å²) < 4.78 is 50.4. The monoisotopic (exact) mass is 691 g/mol. The van der Waals surface area contributed by atoms with Crippen molar-refractivity contribution in [3.8, 4) is 0 Å². The van der Waals surface area contributed by atoms with Crippen LogP contribution in [0.15, 0.2) is 77.7 Å². The number of ether oxygens (including phenoxy) is 2. The third-order valence-electron chi connectivity index (χ3n) is 7.09. The van der Waals surface area contributed by atoms with Gasteiger partial charge in [0.2, 0.25) is 6.29 Å². The number of benzene rings is 2. The molecule has 6 atom stereocenters. The lowest BCUT2D eigenvalue weighted by molar-refractivity contribution is -0.0519. The van der Waals surface area contributed by atoms with Crippen LogP contribution in [0.5, 0.6) is 0 Å². The van der Waals surface area contributed by atoms with E-state index in [-0.39, 0.29) is 23.5 Å². The van der Waals surface area contributed by atoms with Gasteiger partial charge in [0, 0.05) is 24.8 Å². The highest BCUT2D eigenvalue weighted by Gasteiger charge is 2.49. The fourth-order valence-electron chi connectivity index (χ4n) is 4.69. The summed E-state index contributed by atoms with van der Waals surface area (Å²) >= 11 is 0.827. The molecular weight excluding hydrogens is 656 g/mol. The predicted octanol–water partition coefficient (Wildman–Crippen LogP) is 4.80. The molecule has 1 amide bonds. The van der Waals surface area contributed by atoms with Crippen LogP contribution in [0.1, 0.15) is 52.6 Å². The first kappa shape index (κ1) is 36.0. The van der Waals surface area contributed by atoms with Crippen LogP contribution < -0.4 is 5.69 Å². The van der Waals surface area contributed by atoms with Crippen LogP contribution in [0.3, 0.4) is 0 Å². The van der Waals surface area contributed by atoms with Crippen molar-refractivity contribution < 1.29 is 46.8 Å². The molecular formula is C31H35FN3O10PS. The molecule has 1 aromatic heterocycles. The van der Waals surface area contributed by atoms with Crippen LogP contribution in [-0.2, 0) is 29.5 Å². The summed E-state index contributed by atoms with van der Waals surface area (Å²) in [6.45, 7) is 4.73. The fourth-order valence-corrected chi connectivity index (χ4v) is 7.09. The summed E-state index contributed by atoms with van der Waals surface area (Å²) in [6.07, 6.45) is -4.61. The van der Waals surface area contributed by atoms with Crippen LogP contribution in [0.2, 0.25) is 0 Å². The zero-order chi connectivity index (χ0) is 34.1. The molecule has 1 aliphatic rings. The third-order valence-corrected chi connectivity index (χ3v) is 9.65. The van der Waals surface area contributed by atoms with E-state index >= 15 is 4.39 Å². The molecule has 1 saturated heterocycles. The summed E-state index contributed by atoms with van der Waals surface area (Å²) in [4.78, 5) is 66.3. The molecule has 2 aromatic carbocycles. The van der Waals surface area contributed by atoms with Gasteiger partial charge in [0.25, 0.3) is 0 Å². The largest absolute Gasteiger partial charge is 0.475 e. The molecule has 0 spiro atoms. The lowest BCUT2D eigenvalue weighted by Gasteiger charge is -2.24. The molecule has 16 heteroatoms. The minimum atomic E-state index is -4.87. The molecule has 1 N–H and O–H groups in total. The molecule has 0 aliphatic carbocycles. The molecule has 3 aromatic rings. The normalized spacial score (nSPS) is 21.0. The Bertz CT molecular complexity index is 1640. The maximum absolute atomic E-state index is 16.1. The van der Waals surface area contributed by atoms with Crippen molar-refractivity contribution in [2.24, 2.45) is 0 Å². The predicted molar refractivity (Wildman–Crippen MR) is 170 cm³/mol. The summed E-state index contributed by atoms with van der Waals surface area (Å²) in [5.41, 5.74) is -0.0851. The van der Waals surface area contributed by atoms with Crippen LogP contribution in [0.25, 0.3) is 0 Å². The second-order valence-electron chi connectivity index (χ2n) is 10.3. The van der Waals surface area contributed by atoms with E-state index in [1.165, 1.54) is 36.2 Å². The van der Waals surface area contributed by atoms with Gasteiger partial charge in [-0.15, -0.1) is 11.8 Å². The minimum Gasteiger partial charge on any atom is -0.454 e. The lowest BCUT2D eigenvalue weighted by atomic mass is 10.1. The molecule has 1 aliphatic heterocycles. The smallest absolute Gasteiger partial charge is 0.454 e. The van der Waals surface area contributed by atoms with Gasteiger partial charge in [-0.2, -0.15) is 4.98 Å². The van der Waals surface area contributed by atoms with Gasteiger partial charge in [-0.25, -0.2) is 27.9 Å². The van der Waals surface area contributed by atoms with Gasteiger partial charge in [-0.3, -0.25) is 13.9 Å². The number of Topliss-reactive ketones (excluding diaryl/α,β-unsaturated/α-hetero) is 1. The van der Waals surface area contributed by atoms with Crippen LogP contribution >= 0.6 is 19.6 Å². The number of phosphoric ester groups is 1. The number of hydrogen-bond acceptors (Lipinski definition) is 11. The minimum absolute atomic E-state index is 0.138. The Morgan fingerprint density at radius 1 is 1.04 bits per heavy atom. The molecule has 2 heterocycles. The number of ketones is 1. The summed E-state index contributed by atoms with van der Waals surface area (Å²) in [7, 11) is -4.87. The molecule has 2 unspecified atom stereocenters. The lowest BCUT2D eigenvalue weighted by Crippen LogP contribution is -2.37. The zero-order valence-electron chi connectivity index (χ0n) is 25.8. The number of thioether (sulfide) groups is 1. The zero-order valence-corrected chi connectivity index (χ0v) is 27.6.